The minimum Gasteiger partial charge on any atom is -0.326 e. The van der Waals surface area contributed by atoms with E-state index in [0.717, 1.165) is 24.9 Å². The van der Waals surface area contributed by atoms with Crippen molar-refractivity contribution in [1.29, 1.82) is 0 Å². The number of carbonyl (C=O) groups is 1. The predicted octanol–water partition coefficient (Wildman–Crippen LogP) is 4.69. The van der Waals surface area contributed by atoms with Gasteiger partial charge >= 0.3 is 0 Å². The summed E-state index contributed by atoms with van der Waals surface area (Å²) in [5.41, 5.74) is 5.96. The van der Waals surface area contributed by atoms with E-state index in [1.807, 2.05) is 12.1 Å². The number of aryl methyl sites for hydroxylation is 1. The summed E-state index contributed by atoms with van der Waals surface area (Å²) in [6.45, 7) is 2.17. The number of nitrogens with one attached hydrogen (secondary N) is 1. The number of hydrogen-bond acceptors (Lipinski definition) is 1. The van der Waals surface area contributed by atoms with Gasteiger partial charge in [-0.15, -0.1) is 0 Å². The first-order chi connectivity index (χ1) is 10.8. The molecule has 0 spiro atoms. The van der Waals surface area contributed by atoms with Crippen LogP contribution in [0.3, 0.4) is 0 Å². The molecule has 1 aliphatic heterocycles. The maximum absolute atomic E-state index is 11.7. The van der Waals surface area contributed by atoms with Crippen LogP contribution in [0.2, 0.25) is 0 Å². The molecular weight excluding hydrogens is 270 g/mol. The molecule has 3 rings (SSSR count). The van der Waals surface area contributed by atoms with E-state index in [2.05, 4.69) is 54.7 Å². The van der Waals surface area contributed by atoms with Gasteiger partial charge in [0.25, 0.3) is 0 Å². The molecule has 112 valence electrons. The van der Waals surface area contributed by atoms with Crippen molar-refractivity contribution in [3.05, 3.63) is 64.7 Å². The lowest BCUT2D eigenvalue weighted by atomic mass is 10.00. The molecule has 2 heteroatoms. The minimum absolute atomic E-state index is 0.120. The zero-order valence-corrected chi connectivity index (χ0v) is 12.9. The quantitative estimate of drug-likeness (QED) is 0.816. The zero-order valence-electron chi connectivity index (χ0n) is 12.9. The van der Waals surface area contributed by atoms with Crippen LogP contribution in [-0.2, 0) is 17.6 Å². The molecule has 0 aliphatic carbocycles. The lowest BCUT2D eigenvalue weighted by Crippen LogP contribution is -2.09. The Labute approximate surface area is 131 Å². The number of carbonyl (C=O) groups excluding carboxylic acids is 1. The summed E-state index contributed by atoms with van der Waals surface area (Å²) < 4.78 is 0. The highest BCUT2D eigenvalue weighted by molar-refractivity contribution is 5.93. The summed E-state index contributed by atoms with van der Waals surface area (Å²) in [4.78, 5) is 11.7. The van der Waals surface area contributed by atoms with Crippen LogP contribution >= 0.6 is 0 Å². The first-order valence-corrected chi connectivity index (χ1v) is 7.95. The molecule has 1 aliphatic rings. The standard InChI is InChI=1S/C20H21NO/c1-2-15-9-11-16(12-10-15)13-14-17-5-3-7-19-18(17)6-4-8-20(22)21-19/h3,5,7,9-14H,2,4,6,8H2,1H3,(H,21,22)/b14-13+. The average molecular weight is 291 g/mol. The van der Waals surface area contributed by atoms with Crippen molar-refractivity contribution in [3.63, 3.8) is 0 Å². The second-order valence-electron chi connectivity index (χ2n) is 5.70. The van der Waals surface area contributed by atoms with Crippen LogP contribution < -0.4 is 5.32 Å². The lowest BCUT2D eigenvalue weighted by Gasteiger charge is -2.09. The average Bonchev–Trinajstić information content (AvgIpc) is 2.74. The molecule has 0 saturated heterocycles. The van der Waals surface area contributed by atoms with Gasteiger partial charge in [-0.1, -0.05) is 55.5 Å². The van der Waals surface area contributed by atoms with E-state index >= 15 is 0 Å². The van der Waals surface area contributed by atoms with Gasteiger partial charge in [-0.05, 0) is 47.6 Å². The molecule has 0 radical (unpaired) electrons. The molecule has 0 atom stereocenters. The normalized spacial score (nSPS) is 14.5. The third-order valence-electron chi connectivity index (χ3n) is 4.16. The van der Waals surface area contributed by atoms with Gasteiger partial charge in [0, 0.05) is 12.1 Å². The largest absolute Gasteiger partial charge is 0.326 e. The van der Waals surface area contributed by atoms with Crippen molar-refractivity contribution in [2.75, 3.05) is 5.32 Å². The Morgan fingerprint density at radius 2 is 1.86 bits per heavy atom. The van der Waals surface area contributed by atoms with Crippen LogP contribution in [0.25, 0.3) is 12.2 Å². The van der Waals surface area contributed by atoms with E-state index < -0.39 is 0 Å². The summed E-state index contributed by atoms with van der Waals surface area (Å²) in [5.74, 6) is 0.120. The van der Waals surface area contributed by atoms with E-state index in [0.29, 0.717) is 6.42 Å². The molecule has 2 nitrogen and oxygen atoms in total. The number of amides is 1. The van der Waals surface area contributed by atoms with Gasteiger partial charge in [-0.2, -0.15) is 0 Å². The van der Waals surface area contributed by atoms with E-state index in [9.17, 15) is 4.79 Å². The van der Waals surface area contributed by atoms with Crippen LogP contribution in [0.1, 0.15) is 42.0 Å². The van der Waals surface area contributed by atoms with Crippen molar-refractivity contribution >= 4 is 23.7 Å². The molecule has 0 unspecified atom stereocenters. The molecule has 1 N–H and O–H groups in total. The third-order valence-corrected chi connectivity index (χ3v) is 4.16. The first-order valence-electron chi connectivity index (χ1n) is 7.95. The molecular formula is C20H21NO. The Kier molecular flexibility index (Phi) is 4.38. The van der Waals surface area contributed by atoms with E-state index in [-0.39, 0.29) is 5.91 Å². The van der Waals surface area contributed by atoms with Crippen LogP contribution in [0, 0.1) is 0 Å². The van der Waals surface area contributed by atoms with Crippen molar-refractivity contribution in [2.45, 2.75) is 32.6 Å². The first kappa shape index (κ1) is 14.6. The Hall–Kier alpha value is -2.35. The number of anilines is 1. The minimum atomic E-state index is 0.120. The van der Waals surface area contributed by atoms with Gasteiger partial charge in [0.05, 0.1) is 0 Å². The molecule has 0 bridgehead atoms. The second-order valence-corrected chi connectivity index (χ2v) is 5.70. The molecule has 2 aromatic rings. The van der Waals surface area contributed by atoms with Crippen molar-refractivity contribution in [1.82, 2.24) is 0 Å². The Morgan fingerprint density at radius 3 is 2.64 bits per heavy atom. The summed E-state index contributed by atoms with van der Waals surface area (Å²) in [5, 5.41) is 3.00. The lowest BCUT2D eigenvalue weighted by molar-refractivity contribution is -0.116. The summed E-state index contributed by atoms with van der Waals surface area (Å²) in [6, 6.07) is 14.8. The van der Waals surface area contributed by atoms with Crippen LogP contribution in [-0.4, -0.2) is 5.91 Å². The summed E-state index contributed by atoms with van der Waals surface area (Å²) in [6.07, 6.45) is 7.82. The van der Waals surface area contributed by atoms with Crippen molar-refractivity contribution < 1.29 is 4.79 Å². The number of benzene rings is 2. The summed E-state index contributed by atoms with van der Waals surface area (Å²) in [7, 11) is 0. The predicted molar refractivity (Wildman–Crippen MR) is 92.8 cm³/mol. The van der Waals surface area contributed by atoms with Gasteiger partial charge in [0.2, 0.25) is 5.91 Å². The SMILES string of the molecule is CCc1ccc(/C=C/c2cccc3c2CCCC(=O)N3)cc1. The molecule has 22 heavy (non-hydrogen) atoms. The van der Waals surface area contributed by atoms with Crippen LogP contribution in [0.4, 0.5) is 5.69 Å². The van der Waals surface area contributed by atoms with E-state index in [1.165, 1.54) is 22.3 Å². The molecule has 0 saturated carbocycles. The van der Waals surface area contributed by atoms with Gasteiger partial charge in [0.1, 0.15) is 0 Å². The van der Waals surface area contributed by atoms with E-state index in [4.69, 9.17) is 0 Å². The van der Waals surface area contributed by atoms with Crippen LogP contribution in [0.15, 0.2) is 42.5 Å². The van der Waals surface area contributed by atoms with Gasteiger partial charge in [-0.25, -0.2) is 0 Å². The van der Waals surface area contributed by atoms with Gasteiger partial charge < -0.3 is 5.32 Å². The fourth-order valence-electron chi connectivity index (χ4n) is 2.85. The maximum Gasteiger partial charge on any atom is 0.224 e. The fraction of sp³-hybridized carbons (Fsp3) is 0.250. The highest BCUT2D eigenvalue weighted by Crippen LogP contribution is 2.26. The van der Waals surface area contributed by atoms with Crippen LogP contribution in [0.5, 0.6) is 0 Å². The Morgan fingerprint density at radius 1 is 1.05 bits per heavy atom. The highest BCUT2D eigenvalue weighted by Gasteiger charge is 2.14. The number of fused-ring (bicyclic) bond motifs is 1. The third kappa shape index (κ3) is 3.28. The maximum atomic E-state index is 11.7. The van der Waals surface area contributed by atoms with Gasteiger partial charge in [-0.3, -0.25) is 4.79 Å². The van der Waals surface area contributed by atoms with E-state index in [1.54, 1.807) is 0 Å². The number of hydrogen-bond donors (Lipinski definition) is 1. The smallest absolute Gasteiger partial charge is 0.224 e. The van der Waals surface area contributed by atoms with Crippen molar-refractivity contribution in [2.24, 2.45) is 0 Å². The van der Waals surface area contributed by atoms with Crippen molar-refractivity contribution in [3.8, 4) is 0 Å². The highest BCUT2D eigenvalue weighted by atomic mass is 16.1. The summed E-state index contributed by atoms with van der Waals surface area (Å²) >= 11 is 0. The van der Waals surface area contributed by atoms with Gasteiger partial charge in [0.15, 0.2) is 0 Å². The zero-order chi connectivity index (χ0) is 15.4. The molecule has 2 aromatic carbocycles. The monoisotopic (exact) mass is 291 g/mol. The Balaban J connectivity index is 1.87. The fourth-order valence-corrected chi connectivity index (χ4v) is 2.85. The molecule has 1 amide bonds. The topological polar surface area (TPSA) is 29.1 Å². The molecule has 0 fully saturated rings. The molecule has 1 heterocycles. The number of rotatable bonds is 3. The molecule has 0 aromatic heterocycles. The second kappa shape index (κ2) is 6.61. The Bertz CT molecular complexity index is 698.